The number of aromatic amines is 1. The Labute approximate surface area is 183 Å². The number of hydrogen-bond acceptors (Lipinski definition) is 8. The molecule has 1 aliphatic rings. The van der Waals surface area contributed by atoms with E-state index in [4.69, 9.17) is 4.74 Å². The molecule has 0 radical (unpaired) electrons. The third-order valence-electron chi connectivity index (χ3n) is 4.08. The van der Waals surface area contributed by atoms with Gasteiger partial charge in [-0.25, -0.2) is 9.59 Å². The first-order chi connectivity index (χ1) is 14.9. The van der Waals surface area contributed by atoms with Crippen molar-refractivity contribution < 1.29 is 28.7 Å². The molecule has 2 N–H and O–H groups in total. The zero-order valence-corrected chi connectivity index (χ0v) is 18.3. The molecule has 2 amide bonds. The Hall–Kier alpha value is -3.05. The van der Waals surface area contributed by atoms with Gasteiger partial charge < -0.3 is 14.8 Å². The fourth-order valence-electron chi connectivity index (χ4n) is 2.61. The number of ketones is 2. The van der Waals surface area contributed by atoms with Crippen molar-refractivity contribution >= 4 is 41.0 Å². The lowest BCUT2D eigenvalue weighted by atomic mass is 9.99. The number of ether oxygens (including phenoxy) is 2. The molecule has 11 heteroatoms. The van der Waals surface area contributed by atoms with Gasteiger partial charge in [0.1, 0.15) is 5.69 Å². The topological polar surface area (TPSA) is 140 Å². The molecular formula is C20H24N4O6S. The normalized spacial score (nSPS) is 13.9. The number of carbonyl (C=O) groups excluding carboxylic acids is 4. The van der Waals surface area contributed by atoms with Gasteiger partial charge >= 0.3 is 12.0 Å². The Balaban J connectivity index is 1.76. The zero-order chi connectivity index (χ0) is 22.8. The van der Waals surface area contributed by atoms with Gasteiger partial charge in [0, 0.05) is 24.1 Å². The molecule has 0 saturated carbocycles. The third kappa shape index (κ3) is 6.46. The molecule has 0 fully saturated rings. The number of amides is 2. The predicted molar refractivity (Wildman–Crippen MR) is 116 cm³/mol. The Bertz CT molecular complexity index is 947. The van der Waals surface area contributed by atoms with E-state index in [9.17, 15) is 19.2 Å². The van der Waals surface area contributed by atoms with Crippen molar-refractivity contribution in [2.75, 3.05) is 32.6 Å². The molecular weight excluding hydrogens is 424 g/mol. The maximum absolute atomic E-state index is 12.7. The number of aliphatic imine (C=N–C) groups is 1. The minimum absolute atomic E-state index is 0.0737. The second-order valence-corrected chi connectivity index (χ2v) is 7.30. The van der Waals surface area contributed by atoms with E-state index in [1.165, 1.54) is 13.2 Å². The summed E-state index contributed by atoms with van der Waals surface area (Å²) in [5.41, 5.74) is 0.381. The van der Waals surface area contributed by atoms with Crippen LogP contribution < -0.4 is 5.32 Å². The van der Waals surface area contributed by atoms with Gasteiger partial charge in [-0.1, -0.05) is 13.0 Å². The van der Waals surface area contributed by atoms with Crippen molar-refractivity contribution in [3.8, 4) is 0 Å². The minimum atomic E-state index is -0.771. The summed E-state index contributed by atoms with van der Waals surface area (Å²) in [7, 11) is 1.17. The lowest BCUT2D eigenvalue weighted by Gasteiger charge is -2.11. The first kappa shape index (κ1) is 24.2. The van der Waals surface area contributed by atoms with Gasteiger partial charge in [0.25, 0.3) is 0 Å². The number of thioether (sulfide) groups is 1. The molecule has 166 valence electrons. The van der Waals surface area contributed by atoms with Crippen molar-refractivity contribution in [3.05, 3.63) is 40.1 Å². The number of fused-ring (bicyclic) bond motifs is 1. The molecule has 1 aromatic heterocycles. The molecule has 0 unspecified atom stereocenters. The Morgan fingerprint density at radius 2 is 2.10 bits per heavy atom. The van der Waals surface area contributed by atoms with Crippen LogP contribution in [-0.2, 0) is 9.47 Å². The number of urea groups is 1. The maximum Gasteiger partial charge on any atom is 0.356 e. The fourth-order valence-corrected chi connectivity index (χ4v) is 3.46. The van der Waals surface area contributed by atoms with E-state index in [2.05, 4.69) is 25.2 Å². The van der Waals surface area contributed by atoms with Crippen LogP contribution in [0.2, 0.25) is 0 Å². The van der Waals surface area contributed by atoms with E-state index in [1.807, 2.05) is 19.9 Å². The molecule has 1 heterocycles. The van der Waals surface area contributed by atoms with Gasteiger partial charge in [-0.05, 0) is 19.4 Å². The highest BCUT2D eigenvalue weighted by Crippen LogP contribution is 2.29. The maximum atomic E-state index is 12.7. The van der Waals surface area contributed by atoms with Crippen molar-refractivity contribution in [1.29, 1.82) is 0 Å². The molecule has 1 aromatic rings. The van der Waals surface area contributed by atoms with Crippen molar-refractivity contribution in [1.82, 2.24) is 15.5 Å². The highest BCUT2D eigenvalue weighted by atomic mass is 32.2. The van der Waals surface area contributed by atoms with Crippen LogP contribution in [0, 0.1) is 0 Å². The molecule has 31 heavy (non-hydrogen) atoms. The average molecular weight is 449 g/mol. The summed E-state index contributed by atoms with van der Waals surface area (Å²) in [6.45, 7) is 4.63. The Kier molecular flexibility index (Phi) is 9.35. The molecule has 1 aliphatic carbocycles. The summed E-state index contributed by atoms with van der Waals surface area (Å²) in [5.74, 6) is -1.30. The van der Waals surface area contributed by atoms with Gasteiger partial charge in [-0.3, -0.25) is 14.7 Å². The molecule has 0 saturated heterocycles. The standard InChI is InChI=1S/C20H24N4O6S/c1-4-6-12(5-2)22-20(28)21-7-8-30-9-10-31-14-11-13(25)16-15(18(14)26)17(24-23-16)19(27)29-3/h4,6,11H,5,7-10H2,1-3H3,(H,21,28)(H,23,24)/b6-4-,22-12?. The number of Topliss-reactive ketones (excluding diaryl/α,β-unsaturated/α-hetero) is 1. The Morgan fingerprint density at radius 3 is 2.77 bits per heavy atom. The molecule has 0 aliphatic heterocycles. The largest absolute Gasteiger partial charge is 0.464 e. The van der Waals surface area contributed by atoms with Crippen LogP contribution in [0.1, 0.15) is 51.6 Å². The second-order valence-electron chi connectivity index (χ2n) is 6.17. The third-order valence-corrected chi connectivity index (χ3v) is 5.06. The van der Waals surface area contributed by atoms with Gasteiger partial charge in [-0.15, -0.1) is 11.8 Å². The van der Waals surface area contributed by atoms with E-state index in [-0.39, 0.29) is 28.5 Å². The van der Waals surface area contributed by atoms with Crippen molar-refractivity contribution in [3.63, 3.8) is 0 Å². The summed E-state index contributed by atoms with van der Waals surface area (Å²) >= 11 is 1.14. The molecule has 2 rings (SSSR count). The smallest absolute Gasteiger partial charge is 0.356 e. The fraction of sp³-hybridized carbons (Fsp3) is 0.400. The first-order valence-corrected chi connectivity index (χ1v) is 10.6. The molecule has 0 bridgehead atoms. The molecule has 0 spiro atoms. The number of allylic oxidation sites excluding steroid dienone is 4. The summed E-state index contributed by atoms with van der Waals surface area (Å²) in [5, 5.41) is 8.77. The van der Waals surface area contributed by atoms with Crippen molar-refractivity contribution in [2.24, 2.45) is 4.99 Å². The first-order valence-electron chi connectivity index (χ1n) is 9.58. The number of esters is 1. The molecule has 10 nitrogen and oxygen atoms in total. The second kappa shape index (κ2) is 12.0. The quantitative estimate of drug-likeness (QED) is 0.316. The summed E-state index contributed by atoms with van der Waals surface area (Å²) < 4.78 is 10.0. The lowest BCUT2D eigenvalue weighted by molar-refractivity contribution is 0.0591. The van der Waals surface area contributed by atoms with Crippen LogP contribution in [0.5, 0.6) is 0 Å². The highest BCUT2D eigenvalue weighted by molar-refractivity contribution is 8.04. The van der Waals surface area contributed by atoms with Crippen LogP contribution in [0.3, 0.4) is 0 Å². The number of nitrogens with zero attached hydrogens (tertiary/aromatic N) is 2. The number of nitrogens with one attached hydrogen (secondary N) is 2. The summed E-state index contributed by atoms with van der Waals surface area (Å²) in [6, 6.07) is -0.429. The number of hydrogen-bond donors (Lipinski definition) is 2. The summed E-state index contributed by atoms with van der Waals surface area (Å²) in [6.07, 6.45) is 5.45. The van der Waals surface area contributed by atoms with Crippen LogP contribution in [0.15, 0.2) is 28.1 Å². The van der Waals surface area contributed by atoms with E-state index in [0.29, 0.717) is 31.0 Å². The molecule has 0 aromatic carbocycles. The SMILES string of the molecule is C/C=C\C(CC)=NC(=O)NCCOCCSC1=CC(=O)c2n[nH]c(C(=O)OC)c2C1=O. The average Bonchev–Trinajstić information content (AvgIpc) is 3.21. The lowest BCUT2D eigenvalue weighted by Crippen LogP contribution is -2.25. The number of methoxy groups -OCH3 is 1. The van der Waals surface area contributed by atoms with Crippen LogP contribution in [0.4, 0.5) is 4.79 Å². The van der Waals surface area contributed by atoms with E-state index < -0.39 is 23.6 Å². The Morgan fingerprint density at radius 1 is 1.32 bits per heavy atom. The van der Waals surface area contributed by atoms with E-state index in [1.54, 1.807) is 6.08 Å². The van der Waals surface area contributed by atoms with Gasteiger partial charge in [0.05, 0.1) is 30.8 Å². The van der Waals surface area contributed by atoms with Crippen LogP contribution in [0.25, 0.3) is 0 Å². The monoisotopic (exact) mass is 448 g/mol. The van der Waals surface area contributed by atoms with E-state index >= 15 is 0 Å². The predicted octanol–water partition coefficient (Wildman–Crippen LogP) is 2.35. The number of carbonyl (C=O) groups is 4. The van der Waals surface area contributed by atoms with Crippen molar-refractivity contribution in [2.45, 2.75) is 20.3 Å². The van der Waals surface area contributed by atoms with Gasteiger partial charge in [0.2, 0.25) is 11.6 Å². The number of H-pyrrole nitrogens is 1. The van der Waals surface area contributed by atoms with Gasteiger partial charge in [0.15, 0.2) is 5.69 Å². The van der Waals surface area contributed by atoms with E-state index in [0.717, 1.165) is 11.8 Å². The highest BCUT2D eigenvalue weighted by Gasteiger charge is 2.34. The number of aromatic nitrogens is 2. The number of rotatable bonds is 10. The zero-order valence-electron chi connectivity index (χ0n) is 17.5. The minimum Gasteiger partial charge on any atom is -0.464 e. The van der Waals surface area contributed by atoms with Crippen LogP contribution in [-0.4, -0.2) is 72.1 Å². The van der Waals surface area contributed by atoms with Gasteiger partial charge in [-0.2, -0.15) is 10.1 Å². The summed E-state index contributed by atoms with van der Waals surface area (Å²) in [4.78, 5) is 52.5. The molecule has 0 atom stereocenters. The van der Waals surface area contributed by atoms with Crippen LogP contribution >= 0.6 is 11.8 Å².